The number of β-amino-alcohol motifs (C(OH)–C–C–N with tert-alkyl or cyclic N) is 1. The Bertz CT molecular complexity index is 143. The minimum absolute atomic E-state index is 0.101. The van der Waals surface area contributed by atoms with Crippen molar-refractivity contribution in [1.82, 2.24) is 5.32 Å². The van der Waals surface area contributed by atoms with Crippen molar-refractivity contribution in [3.63, 3.8) is 0 Å². The van der Waals surface area contributed by atoms with E-state index in [-0.39, 0.29) is 25.6 Å². The molecule has 0 aromatic heterocycles. The molecule has 12 heavy (non-hydrogen) atoms. The fourth-order valence-corrected chi connectivity index (χ4v) is 1.32. The lowest BCUT2D eigenvalue weighted by Crippen LogP contribution is -2.39. The first-order chi connectivity index (χ1) is 5.65. The highest BCUT2D eigenvalue weighted by molar-refractivity contribution is 4.86. The lowest BCUT2D eigenvalue weighted by Gasteiger charge is -2.18. The van der Waals surface area contributed by atoms with E-state index in [1.54, 1.807) is 0 Å². The first-order valence-corrected chi connectivity index (χ1v) is 4.03. The Kier molecular flexibility index (Phi) is 3.42. The summed E-state index contributed by atoms with van der Waals surface area (Å²) in [5.41, 5.74) is 0. The van der Waals surface area contributed by atoms with Crippen molar-refractivity contribution in [2.75, 3.05) is 13.2 Å². The number of nitrogens with one attached hydrogen (secondary N) is 1. The summed E-state index contributed by atoms with van der Waals surface area (Å²) in [6, 6.07) is -0.244. The highest BCUT2D eigenvalue weighted by Crippen LogP contribution is 2.10. The maximum atomic E-state index is 9.27. The molecule has 1 aliphatic heterocycles. The number of aliphatic hydroxyl groups excluding tert-OH is 4. The second-order valence-corrected chi connectivity index (χ2v) is 3.15. The number of hydrogen-bond donors (Lipinski definition) is 5. The summed E-state index contributed by atoms with van der Waals surface area (Å²) in [5, 5.41) is 39.3. The van der Waals surface area contributed by atoms with Crippen LogP contribution in [0.2, 0.25) is 0 Å². The van der Waals surface area contributed by atoms with Crippen LogP contribution in [0.15, 0.2) is 0 Å². The Balaban J connectivity index is 2.53. The van der Waals surface area contributed by atoms with E-state index in [4.69, 9.17) is 5.11 Å². The van der Waals surface area contributed by atoms with Gasteiger partial charge in [-0.3, -0.25) is 0 Å². The summed E-state index contributed by atoms with van der Waals surface area (Å²) in [7, 11) is 0. The molecule has 0 amide bonds. The summed E-state index contributed by atoms with van der Waals surface area (Å²) >= 11 is 0. The van der Waals surface area contributed by atoms with E-state index in [9.17, 15) is 15.3 Å². The van der Waals surface area contributed by atoms with Gasteiger partial charge in [0.25, 0.3) is 0 Å². The van der Waals surface area contributed by atoms with Gasteiger partial charge in [0, 0.05) is 12.6 Å². The molecule has 0 aliphatic carbocycles. The zero-order valence-corrected chi connectivity index (χ0v) is 6.72. The molecule has 0 spiro atoms. The minimum atomic E-state index is -1.12. The Morgan fingerprint density at radius 2 is 1.83 bits per heavy atom. The van der Waals surface area contributed by atoms with Crippen LogP contribution >= 0.6 is 0 Å². The fourth-order valence-electron chi connectivity index (χ4n) is 1.32. The fraction of sp³-hybridized carbons (Fsp3) is 1.00. The lowest BCUT2D eigenvalue weighted by molar-refractivity contribution is -0.0517. The molecule has 5 heteroatoms. The van der Waals surface area contributed by atoms with Gasteiger partial charge in [0.1, 0.15) is 6.10 Å². The standard InChI is InChI=1S/C7H15NO4/c9-3-4-1-5(10)7(12)6(11)2-8-4/h4-12H,1-3H2/t4-,5+,6-,7+/m0/s1. The molecule has 4 atom stereocenters. The normalized spacial score (nSPS) is 44.0. The molecular formula is C7H15NO4. The molecule has 0 saturated carbocycles. The van der Waals surface area contributed by atoms with E-state index in [2.05, 4.69) is 5.32 Å². The van der Waals surface area contributed by atoms with E-state index in [0.29, 0.717) is 0 Å². The van der Waals surface area contributed by atoms with E-state index < -0.39 is 18.3 Å². The maximum Gasteiger partial charge on any atom is 0.107 e. The highest BCUT2D eigenvalue weighted by atomic mass is 16.4. The second-order valence-electron chi connectivity index (χ2n) is 3.15. The molecular weight excluding hydrogens is 162 g/mol. The first kappa shape index (κ1) is 9.88. The minimum Gasteiger partial charge on any atom is -0.395 e. The zero-order valence-electron chi connectivity index (χ0n) is 6.72. The highest BCUT2D eigenvalue weighted by Gasteiger charge is 2.30. The average Bonchev–Trinajstić information content (AvgIpc) is 2.19. The van der Waals surface area contributed by atoms with Gasteiger partial charge >= 0.3 is 0 Å². The molecule has 5 N–H and O–H groups in total. The molecule has 0 radical (unpaired) electrons. The van der Waals surface area contributed by atoms with Crippen molar-refractivity contribution in [3.05, 3.63) is 0 Å². The van der Waals surface area contributed by atoms with Gasteiger partial charge < -0.3 is 25.7 Å². The van der Waals surface area contributed by atoms with Gasteiger partial charge in [0.15, 0.2) is 0 Å². The quantitative estimate of drug-likeness (QED) is 0.303. The third kappa shape index (κ3) is 2.15. The summed E-state index contributed by atoms with van der Waals surface area (Å²) in [4.78, 5) is 0. The van der Waals surface area contributed by atoms with Gasteiger partial charge in [-0.1, -0.05) is 0 Å². The third-order valence-electron chi connectivity index (χ3n) is 2.15. The summed E-state index contributed by atoms with van der Waals surface area (Å²) in [6.45, 7) is 0.0972. The molecule has 1 heterocycles. The average molecular weight is 177 g/mol. The van der Waals surface area contributed by atoms with Crippen molar-refractivity contribution in [2.24, 2.45) is 0 Å². The molecule has 1 aliphatic rings. The summed E-state index contributed by atoms with van der Waals surface area (Å²) < 4.78 is 0. The van der Waals surface area contributed by atoms with Crippen molar-refractivity contribution in [2.45, 2.75) is 30.8 Å². The monoisotopic (exact) mass is 177 g/mol. The molecule has 1 fully saturated rings. The molecule has 5 nitrogen and oxygen atoms in total. The van der Waals surface area contributed by atoms with Gasteiger partial charge in [0.2, 0.25) is 0 Å². The number of aliphatic hydroxyl groups is 4. The Morgan fingerprint density at radius 1 is 1.17 bits per heavy atom. The molecule has 1 saturated heterocycles. The van der Waals surface area contributed by atoms with Crippen LogP contribution in [0.5, 0.6) is 0 Å². The van der Waals surface area contributed by atoms with E-state index in [1.807, 2.05) is 0 Å². The van der Waals surface area contributed by atoms with Gasteiger partial charge in [0.05, 0.1) is 18.8 Å². The second kappa shape index (κ2) is 4.15. The number of rotatable bonds is 1. The Morgan fingerprint density at radius 3 is 2.42 bits per heavy atom. The SMILES string of the molecule is OC[C@@H]1C[C@@H](O)[C@@H](O)[C@@H](O)CN1. The number of hydrogen-bond acceptors (Lipinski definition) is 5. The molecule has 0 aromatic rings. The van der Waals surface area contributed by atoms with Crippen LogP contribution in [0.25, 0.3) is 0 Å². The van der Waals surface area contributed by atoms with E-state index in [1.165, 1.54) is 0 Å². The van der Waals surface area contributed by atoms with Crippen molar-refractivity contribution in [3.8, 4) is 0 Å². The van der Waals surface area contributed by atoms with Crippen LogP contribution in [0.3, 0.4) is 0 Å². The predicted molar refractivity (Wildman–Crippen MR) is 41.5 cm³/mol. The van der Waals surface area contributed by atoms with Gasteiger partial charge in [-0.05, 0) is 6.42 Å². The molecule has 0 unspecified atom stereocenters. The van der Waals surface area contributed by atoms with Crippen molar-refractivity contribution >= 4 is 0 Å². The maximum absolute atomic E-state index is 9.27. The van der Waals surface area contributed by atoms with Crippen LogP contribution in [-0.4, -0.2) is 57.9 Å². The predicted octanol–water partition coefficient (Wildman–Crippen LogP) is -2.58. The molecule has 0 aromatic carbocycles. The van der Waals surface area contributed by atoms with Crippen molar-refractivity contribution < 1.29 is 20.4 Å². The third-order valence-corrected chi connectivity index (χ3v) is 2.15. The Hall–Kier alpha value is -0.200. The van der Waals surface area contributed by atoms with Crippen molar-refractivity contribution in [1.29, 1.82) is 0 Å². The topological polar surface area (TPSA) is 93.0 Å². The molecule has 1 rings (SSSR count). The lowest BCUT2D eigenvalue weighted by atomic mass is 10.0. The van der Waals surface area contributed by atoms with Crippen LogP contribution in [0.4, 0.5) is 0 Å². The molecule has 72 valence electrons. The molecule has 0 bridgehead atoms. The van der Waals surface area contributed by atoms with E-state index in [0.717, 1.165) is 0 Å². The smallest absolute Gasteiger partial charge is 0.107 e. The summed E-state index contributed by atoms with van der Waals surface area (Å²) in [6.07, 6.45) is -2.79. The first-order valence-electron chi connectivity index (χ1n) is 4.03. The van der Waals surface area contributed by atoms with Gasteiger partial charge in [-0.25, -0.2) is 0 Å². The largest absolute Gasteiger partial charge is 0.395 e. The zero-order chi connectivity index (χ0) is 9.14. The van der Waals surface area contributed by atoms with Gasteiger partial charge in [-0.2, -0.15) is 0 Å². The van der Waals surface area contributed by atoms with Gasteiger partial charge in [-0.15, -0.1) is 0 Å². The van der Waals surface area contributed by atoms with Crippen LogP contribution < -0.4 is 5.32 Å². The summed E-state index contributed by atoms with van der Waals surface area (Å²) in [5.74, 6) is 0. The van der Waals surface area contributed by atoms with Crippen LogP contribution in [0.1, 0.15) is 6.42 Å². The van der Waals surface area contributed by atoms with Crippen LogP contribution in [-0.2, 0) is 0 Å². The Labute approximate surface area is 70.6 Å². The van der Waals surface area contributed by atoms with E-state index >= 15 is 0 Å². The van der Waals surface area contributed by atoms with Crippen LogP contribution in [0, 0.1) is 0 Å².